The predicted octanol–water partition coefficient (Wildman–Crippen LogP) is 3.06. The number of carbonyl (C=O) groups excluding carboxylic acids is 2. The molecule has 10 heteroatoms. The maximum atomic E-state index is 14.1. The van der Waals surface area contributed by atoms with Crippen molar-refractivity contribution < 1.29 is 28.9 Å². The van der Waals surface area contributed by atoms with Gasteiger partial charge in [0.2, 0.25) is 11.8 Å². The van der Waals surface area contributed by atoms with Crippen LogP contribution in [0.5, 0.6) is 5.75 Å². The summed E-state index contributed by atoms with van der Waals surface area (Å²) in [6, 6.07) is 5.92. The van der Waals surface area contributed by atoms with Crippen LogP contribution in [-0.4, -0.2) is 87.4 Å². The van der Waals surface area contributed by atoms with E-state index in [4.69, 9.17) is 14.2 Å². The number of piperidine rings is 1. The Morgan fingerprint density at radius 3 is 2.62 bits per heavy atom. The first-order valence-corrected chi connectivity index (χ1v) is 15.7. The van der Waals surface area contributed by atoms with E-state index in [9.17, 15) is 14.7 Å². The molecule has 3 fully saturated rings. The van der Waals surface area contributed by atoms with Crippen LogP contribution in [0, 0.1) is 17.3 Å². The number of benzene rings is 1. The van der Waals surface area contributed by atoms with Gasteiger partial charge in [0.1, 0.15) is 11.4 Å². The lowest BCUT2D eigenvalue weighted by Crippen LogP contribution is -2.56. The quantitative estimate of drug-likeness (QED) is 0.359. The van der Waals surface area contributed by atoms with Crippen LogP contribution in [-0.2, 0) is 19.1 Å². The van der Waals surface area contributed by atoms with Crippen molar-refractivity contribution in [1.29, 1.82) is 0 Å². The van der Waals surface area contributed by atoms with E-state index >= 15 is 0 Å². The van der Waals surface area contributed by atoms with Crippen LogP contribution in [0.4, 0.5) is 11.4 Å². The van der Waals surface area contributed by atoms with Crippen molar-refractivity contribution in [3.63, 3.8) is 0 Å². The van der Waals surface area contributed by atoms with Crippen LogP contribution in [0.2, 0.25) is 0 Å². The van der Waals surface area contributed by atoms with Crippen molar-refractivity contribution in [3.8, 4) is 5.75 Å². The van der Waals surface area contributed by atoms with Crippen LogP contribution in [0.15, 0.2) is 18.2 Å². The minimum atomic E-state index is -0.834. The number of fused-ring (bicyclic) bond motifs is 1. The molecule has 4 aliphatic rings. The van der Waals surface area contributed by atoms with E-state index in [1.54, 1.807) is 7.11 Å². The molecule has 42 heavy (non-hydrogen) atoms. The fraction of sp³-hybridized carbons (Fsp3) is 0.750. The molecule has 2 amide bonds. The third-order valence-corrected chi connectivity index (χ3v) is 9.58. The second kappa shape index (κ2) is 12.7. The molecule has 0 bridgehead atoms. The highest BCUT2D eigenvalue weighted by atomic mass is 16.5. The molecule has 10 nitrogen and oxygen atoms in total. The van der Waals surface area contributed by atoms with E-state index in [0.717, 1.165) is 43.5 Å². The number of amides is 2. The van der Waals surface area contributed by atoms with Crippen LogP contribution in [0.25, 0.3) is 0 Å². The summed E-state index contributed by atoms with van der Waals surface area (Å²) in [7, 11) is 1.67. The Kier molecular flexibility index (Phi) is 9.37. The highest BCUT2D eigenvalue weighted by molar-refractivity contribution is 5.97. The molecule has 1 aliphatic carbocycles. The third kappa shape index (κ3) is 6.56. The number of aliphatic hydroxyl groups is 1. The smallest absolute Gasteiger partial charge is 0.231 e. The highest BCUT2D eigenvalue weighted by Crippen LogP contribution is 2.44. The molecule has 5 rings (SSSR count). The van der Waals surface area contributed by atoms with E-state index in [2.05, 4.69) is 10.6 Å². The number of aliphatic hydroxyl groups excluding tert-OH is 1. The van der Waals surface area contributed by atoms with Crippen LogP contribution in [0.3, 0.4) is 0 Å². The summed E-state index contributed by atoms with van der Waals surface area (Å²) in [4.78, 5) is 31.4. The number of carbonyl (C=O) groups is 2. The minimum Gasteiger partial charge on any atom is -0.481 e. The van der Waals surface area contributed by atoms with Gasteiger partial charge in [-0.3, -0.25) is 9.59 Å². The zero-order chi connectivity index (χ0) is 30.1. The molecule has 3 aliphatic heterocycles. The lowest BCUT2D eigenvalue weighted by atomic mass is 9.73. The largest absolute Gasteiger partial charge is 0.481 e. The average molecular weight is 587 g/mol. The van der Waals surface area contributed by atoms with E-state index in [-0.39, 0.29) is 35.7 Å². The van der Waals surface area contributed by atoms with E-state index < -0.39 is 17.2 Å². The van der Waals surface area contributed by atoms with Crippen molar-refractivity contribution in [2.24, 2.45) is 17.3 Å². The maximum absolute atomic E-state index is 14.1. The Morgan fingerprint density at radius 2 is 1.93 bits per heavy atom. The van der Waals surface area contributed by atoms with Gasteiger partial charge in [-0.25, -0.2) is 0 Å². The number of methoxy groups -OCH3 is 1. The zero-order valence-electron chi connectivity index (χ0n) is 26.0. The molecule has 1 aromatic carbocycles. The number of nitrogens with one attached hydrogen (secondary N) is 2. The lowest BCUT2D eigenvalue weighted by Gasteiger charge is -2.45. The summed E-state index contributed by atoms with van der Waals surface area (Å²) in [6.45, 7) is 11.7. The van der Waals surface area contributed by atoms with Gasteiger partial charge in [0.15, 0.2) is 6.23 Å². The topological polar surface area (TPSA) is 113 Å². The normalized spacial score (nSPS) is 26.2. The van der Waals surface area contributed by atoms with E-state index in [1.807, 2.05) is 55.7 Å². The van der Waals surface area contributed by atoms with Gasteiger partial charge in [-0.05, 0) is 76.5 Å². The Bertz CT molecular complexity index is 1120. The van der Waals surface area contributed by atoms with Gasteiger partial charge in [-0.2, -0.15) is 0 Å². The van der Waals surface area contributed by atoms with Crippen LogP contribution < -0.4 is 25.2 Å². The summed E-state index contributed by atoms with van der Waals surface area (Å²) in [5.41, 5.74) is 0.344. The molecule has 3 atom stereocenters. The minimum absolute atomic E-state index is 0.0538. The summed E-state index contributed by atoms with van der Waals surface area (Å²) in [5, 5.41) is 17.9. The van der Waals surface area contributed by atoms with Crippen molar-refractivity contribution in [2.75, 3.05) is 56.4 Å². The van der Waals surface area contributed by atoms with Gasteiger partial charge in [-0.1, -0.05) is 13.8 Å². The molecule has 1 unspecified atom stereocenters. The summed E-state index contributed by atoms with van der Waals surface area (Å²) in [6.07, 6.45) is 4.24. The molecule has 0 radical (unpaired) electrons. The van der Waals surface area contributed by atoms with E-state index in [0.29, 0.717) is 51.6 Å². The maximum Gasteiger partial charge on any atom is 0.231 e. The number of anilines is 2. The summed E-state index contributed by atoms with van der Waals surface area (Å²) >= 11 is 0. The molecule has 3 heterocycles. The summed E-state index contributed by atoms with van der Waals surface area (Å²) < 4.78 is 17.0. The Morgan fingerprint density at radius 1 is 1.19 bits per heavy atom. The Balaban J connectivity index is 1.31. The van der Waals surface area contributed by atoms with Gasteiger partial charge in [0.25, 0.3) is 0 Å². The fourth-order valence-corrected chi connectivity index (χ4v) is 6.69. The number of rotatable bonds is 10. The lowest BCUT2D eigenvalue weighted by molar-refractivity contribution is -0.135. The first-order valence-electron chi connectivity index (χ1n) is 15.7. The molecule has 1 aromatic rings. The van der Waals surface area contributed by atoms with Crippen LogP contribution >= 0.6 is 0 Å². The number of nitrogens with zero attached hydrogens (tertiary/aromatic N) is 2. The van der Waals surface area contributed by atoms with Crippen molar-refractivity contribution >= 4 is 23.2 Å². The standard InChI is InChI=1S/C32H50N4O6/c1-31(2,22-11-15-41-16-12-22)29(38)34-23-17-21(19-33-20-23)28(37)36(24-7-8-24)25-9-10-27-26(18-25)35(13-6-14-40-5)30(39)32(3,4)42-27/h9-10,18,21-24,30,33,39H,6-8,11-17,19-20H2,1-5H3,(H,34,38)/t21-,23+,30?/m1/s1. The zero-order valence-corrected chi connectivity index (χ0v) is 26.0. The molecular weight excluding hydrogens is 536 g/mol. The molecular formula is C32H50N4O6. The van der Waals surface area contributed by atoms with Crippen molar-refractivity contribution in [1.82, 2.24) is 10.6 Å². The fourth-order valence-electron chi connectivity index (χ4n) is 6.69. The second-order valence-corrected chi connectivity index (χ2v) is 13.6. The SMILES string of the molecule is COCCCN1c2cc(N(C(=O)[C@H]3CNC[C@@H](NC(=O)C(C)(C)C4CCOCC4)C3)C3CC3)ccc2OC(C)(C)C1O. The Labute approximate surface area is 250 Å². The molecule has 1 saturated carbocycles. The highest BCUT2D eigenvalue weighted by Gasteiger charge is 2.44. The monoisotopic (exact) mass is 586 g/mol. The average Bonchev–Trinajstić information content (AvgIpc) is 3.81. The van der Waals surface area contributed by atoms with Gasteiger partial charge in [-0.15, -0.1) is 0 Å². The van der Waals surface area contributed by atoms with Gasteiger partial charge >= 0.3 is 0 Å². The first kappa shape index (κ1) is 31.0. The molecule has 0 spiro atoms. The first-order chi connectivity index (χ1) is 20.0. The number of hydrogen-bond acceptors (Lipinski definition) is 8. The number of ether oxygens (including phenoxy) is 3. The van der Waals surface area contributed by atoms with E-state index in [1.165, 1.54) is 0 Å². The molecule has 2 saturated heterocycles. The van der Waals surface area contributed by atoms with Crippen LogP contribution in [0.1, 0.15) is 66.2 Å². The van der Waals surface area contributed by atoms with Gasteiger partial charge in [0.05, 0.1) is 11.6 Å². The summed E-state index contributed by atoms with van der Waals surface area (Å²) in [5.74, 6) is 0.875. The predicted molar refractivity (Wildman–Crippen MR) is 162 cm³/mol. The second-order valence-electron chi connectivity index (χ2n) is 13.6. The molecule has 0 aromatic heterocycles. The third-order valence-electron chi connectivity index (χ3n) is 9.58. The Hall–Kier alpha value is -2.40. The van der Waals surface area contributed by atoms with Crippen molar-refractivity contribution in [2.45, 2.75) is 90.1 Å². The number of hydrogen-bond donors (Lipinski definition) is 3. The molecule has 234 valence electrons. The van der Waals surface area contributed by atoms with Gasteiger partial charge in [0, 0.05) is 69.8 Å². The van der Waals surface area contributed by atoms with Crippen molar-refractivity contribution in [3.05, 3.63) is 18.2 Å². The van der Waals surface area contributed by atoms with Gasteiger partial charge < -0.3 is 39.8 Å². The molecule has 3 N–H and O–H groups in total.